The standard InChI is InChI=1S/C20H24N4O4S/c1-4-13-21-29(27,28)18-11-7-16(8-12-18)15(3)23-24-20(26)19(25)22-17-9-5-14(2)6-10-17/h5-12,21H,4,13H2,1-3H3,(H,22,25)(H,24,26)/b23-15-. The van der Waals surface area contributed by atoms with Crippen molar-refractivity contribution in [1.82, 2.24) is 10.1 Å². The fourth-order valence-electron chi connectivity index (χ4n) is 2.27. The molecule has 2 rings (SSSR count). The molecular weight excluding hydrogens is 392 g/mol. The van der Waals surface area contributed by atoms with Gasteiger partial charge in [0.1, 0.15) is 0 Å². The Balaban J connectivity index is 1.98. The molecule has 0 aliphatic heterocycles. The molecule has 0 unspecified atom stereocenters. The molecule has 0 saturated carbocycles. The number of carbonyl (C=O) groups is 2. The van der Waals surface area contributed by atoms with E-state index in [1.54, 1.807) is 31.2 Å². The Bertz CT molecular complexity index is 998. The van der Waals surface area contributed by atoms with Crippen LogP contribution in [-0.4, -0.2) is 32.5 Å². The van der Waals surface area contributed by atoms with Gasteiger partial charge in [-0.15, -0.1) is 0 Å². The highest BCUT2D eigenvalue weighted by Gasteiger charge is 2.14. The van der Waals surface area contributed by atoms with Crippen molar-refractivity contribution in [2.24, 2.45) is 5.10 Å². The number of nitrogens with one attached hydrogen (secondary N) is 3. The molecule has 0 bridgehead atoms. The van der Waals surface area contributed by atoms with Gasteiger partial charge in [-0.2, -0.15) is 5.10 Å². The predicted octanol–water partition coefficient (Wildman–Crippen LogP) is 2.16. The Morgan fingerprint density at radius 3 is 2.17 bits per heavy atom. The van der Waals surface area contributed by atoms with Gasteiger partial charge in [0.25, 0.3) is 0 Å². The number of aryl methyl sites for hydroxylation is 1. The topological polar surface area (TPSA) is 117 Å². The van der Waals surface area contributed by atoms with Gasteiger partial charge in [0.15, 0.2) is 0 Å². The van der Waals surface area contributed by atoms with Crippen molar-refractivity contribution in [3.05, 3.63) is 59.7 Å². The summed E-state index contributed by atoms with van der Waals surface area (Å²) in [5.41, 5.74) is 4.76. The summed E-state index contributed by atoms with van der Waals surface area (Å²) in [5.74, 6) is -1.75. The number of hydrazone groups is 1. The van der Waals surface area contributed by atoms with Gasteiger partial charge >= 0.3 is 11.8 Å². The highest BCUT2D eigenvalue weighted by molar-refractivity contribution is 7.89. The summed E-state index contributed by atoms with van der Waals surface area (Å²) in [5, 5.41) is 6.38. The number of rotatable bonds is 7. The van der Waals surface area contributed by atoms with E-state index in [2.05, 4.69) is 20.6 Å². The maximum atomic E-state index is 12.1. The van der Waals surface area contributed by atoms with E-state index in [4.69, 9.17) is 0 Å². The van der Waals surface area contributed by atoms with Gasteiger partial charge in [-0.25, -0.2) is 18.6 Å². The normalized spacial score (nSPS) is 11.8. The molecule has 3 N–H and O–H groups in total. The van der Waals surface area contributed by atoms with Gasteiger partial charge in [0.05, 0.1) is 10.6 Å². The van der Waals surface area contributed by atoms with Crippen LogP contribution in [-0.2, 0) is 19.6 Å². The van der Waals surface area contributed by atoms with Gasteiger partial charge < -0.3 is 5.32 Å². The van der Waals surface area contributed by atoms with Crippen LogP contribution in [0.1, 0.15) is 31.4 Å². The van der Waals surface area contributed by atoms with Crippen LogP contribution in [0.3, 0.4) is 0 Å². The Morgan fingerprint density at radius 1 is 0.966 bits per heavy atom. The second-order valence-electron chi connectivity index (χ2n) is 6.38. The zero-order valence-electron chi connectivity index (χ0n) is 16.5. The Hall–Kier alpha value is -3.04. The van der Waals surface area contributed by atoms with Crippen molar-refractivity contribution >= 4 is 33.2 Å². The molecule has 0 fully saturated rings. The van der Waals surface area contributed by atoms with Gasteiger partial charge in [-0.1, -0.05) is 36.8 Å². The number of benzene rings is 2. The molecule has 0 aliphatic rings. The highest BCUT2D eigenvalue weighted by Crippen LogP contribution is 2.11. The zero-order chi connectivity index (χ0) is 21.4. The van der Waals surface area contributed by atoms with Crippen LogP contribution in [0, 0.1) is 6.92 Å². The van der Waals surface area contributed by atoms with Crippen LogP contribution in [0.5, 0.6) is 0 Å². The maximum Gasteiger partial charge on any atom is 0.329 e. The summed E-state index contributed by atoms with van der Waals surface area (Å²) in [6, 6.07) is 13.1. The average molecular weight is 417 g/mol. The van der Waals surface area contributed by atoms with E-state index in [-0.39, 0.29) is 4.90 Å². The van der Waals surface area contributed by atoms with Gasteiger partial charge in [0, 0.05) is 12.2 Å². The van der Waals surface area contributed by atoms with Crippen LogP contribution >= 0.6 is 0 Å². The maximum absolute atomic E-state index is 12.1. The number of hydrogen-bond acceptors (Lipinski definition) is 5. The quantitative estimate of drug-likeness (QED) is 0.364. The first-order valence-corrected chi connectivity index (χ1v) is 10.5. The van der Waals surface area contributed by atoms with Crippen molar-refractivity contribution < 1.29 is 18.0 Å². The monoisotopic (exact) mass is 416 g/mol. The predicted molar refractivity (Wildman–Crippen MR) is 112 cm³/mol. The third-order valence-electron chi connectivity index (χ3n) is 3.97. The number of anilines is 1. The van der Waals surface area contributed by atoms with E-state index in [1.807, 2.05) is 26.0 Å². The number of hydrogen-bond donors (Lipinski definition) is 3. The van der Waals surface area contributed by atoms with Crippen LogP contribution < -0.4 is 15.5 Å². The fraction of sp³-hybridized carbons (Fsp3) is 0.250. The molecule has 8 nitrogen and oxygen atoms in total. The zero-order valence-corrected chi connectivity index (χ0v) is 17.3. The van der Waals surface area contributed by atoms with Crippen LogP contribution in [0.4, 0.5) is 5.69 Å². The molecule has 2 aromatic rings. The molecule has 0 saturated heterocycles. The Kier molecular flexibility index (Phi) is 7.63. The van der Waals surface area contributed by atoms with E-state index < -0.39 is 21.8 Å². The van der Waals surface area contributed by atoms with Crippen molar-refractivity contribution in [2.75, 3.05) is 11.9 Å². The van der Waals surface area contributed by atoms with Crippen LogP contribution in [0.25, 0.3) is 0 Å². The summed E-state index contributed by atoms with van der Waals surface area (Å²) in [6.07, 6.45) is 0.695. The summed E-state index contributed by atoms with van der Waals surface area (Å²) < 4.78 is 26.7. The summed E-state index contributed by atoms with van der Waals surface area (Å²) >= 11 is 0. The first-order valence-electron chi connectivity index (χ1n) is 9.05. The molecule has 0 atom stereocenters. The van der Waals surface area contributed by atoms with Gasteiger partial charge in [0.2, 0.25) is 10.0 Å². The molecule has 154 valence electrons. The molecule has 0 radical (unpaired) electrons. The molecule has 0 aromatic heterocycles. The molecule has 2 amide bonds. The smallest absolute Gasteiger partial charge is 0.318 e. The van der Waals surface area contributed by atoms with Gasteiger partial charge in [-0.3, -0.25) is 9.59 Å². The van der Waals surface area contributed by atoms with Crippen molar-refractivity contribution in [1.29, 1.82) is 0 Å². The van der Waals surface area contributed by atoms with E-state index in [0.29, 0.717) is 29.9 Å². The third-order valence-corrected chi connectivity index (χ3v) is 5.44. The average Bonchev–Trinajstić information content (AvgIpc) is 2.72. The molecule has 0 aliphatic carbocycles. The molecule has 0 spiro atoms. The first-order chi connectivity index (χ1) is 13.7. The lowest BCUT2D eigenvalue weighted by atomic mass is 10.1. The SMILES string of the molecule is CCCNS(=O)(=O)c1ccc(/C(C)=N\NC(=O)C(=O)Nc2ccc(C)cc2)cc1. The van der Waals surface area contributed by atoms with E-state index >= 15 is 0 Å². The third kappa shape index (κ3) is 6.51. The minimum atomic E-state index is -3.55. The number of sulfonamides is 1. The Morgan fingerprint density at radius 2 is 1.59 bits per heavy atom. The molecule has 0 heterocycles. The van der Waals surface area contributed by atoms with Crippen molar-refractivity contribution in [3.8, 4) is 0 Å². The minimum absolute atomic E-state index is 0.143. The second-order valence-corrected chi connectivity index (χ2v) is 8.15. The lowest BCUT2D eigenvalue weighted by Gasteiger charge is -2.07. The van der Waals surface area contributed by atoms with Crippen molar-refractivity contribution in [2.45, 2.75) is 32.1 Å². The first kappa shape index (κ1) is 22.3. The van der Waals surface area contributed by atoms with Crippen molar-refractivity contribution in [3.63, 3.8) is 0 Å². The largest absolute Gasteiger partial charge is 0.329 e. The van der Waals surface area contributed by atoms with E-state index in [9.17, 15) is 18.0 Å². The van der Waals surface area contributed by atoms with E-state index in [0.717, 1.165) is 5.56 Å². The lowest BCUT2D eigenvalue weighted by molar-refractivity contribution is -0.136. The van der Waals surface area contributed by atoms with Gasteiger partial charge in [-0.05, 0) is 50.1 Å². The molecule has 9 heteroatoms. The highest BCUT2D eigenvalue weighted by atomic mass is 32.2. The van der Waals surface area contributed by atoms with Crippen LogP contribution in [0.15, 0.2) is 58.5 Å². The number of amides is 2. The fourth-order valence-corrected chi connectivity index (χ4v) is 3.40. The second kappa shape index (κ2) is 9.94. The minimum Gasteiger partial charge on any atom is -0.318 e. The number of nitrogens with zero attached hydrogens (tertiary/aromatic N) is 1. The molecule has 2 aromatic carbocycles. The van der Waals surface area contributed by atoms with E-state index in [1.165, 1.54) is 12.1 Å². The number of carbonyl (C=O) groups excluding carboxylic acids is 2. The Labute approximate surface area is 170 Å². The van der Waals surface area contributed by atoms with Crippen LogP contribution in [0.2, 0.25) is 0 Å². The molecule has 29 heavy (non-hydrogen) atoms. The molecular formula is C20H24N4O4S. The summed E-state index contributed by atoms with van der Waals surface area (Å²) in [6.45, 7) is 5.79. The lowest BCUT2D eigenvalue weighted by Crippen LogP contribution is -2.32. The summed E-state index contributed by atoms with van der Waals surface area (Å²) in [7, 11) is -3.55. The summed E-state index contributed by atoms with van der Waals surface area (Å²) in [4.78, 5) is 24.0.